The van der Waals surface area contributed by atoms with Crippen molar-refractivity contribution >= 4 is 0 Å². The Morgan fingerprint density at radius 1 is 0.690 bits per heavy atom. The second-order valence-electron chi connectivity index (χ2n) is 10.4. The van der Waals surface area contributed by atoms with E-state index < -0.39 is 5.92 Å². The Kier molecular flexibility index (Phi) is 8.81. The topological polar surface area (TPSA) is 94.0 Å². The maximum Gasteiger partial charge on any atom is 0.275 e. The summed E-state index contributed by atoms with van der Waals surface area (Å²) in [5, 5.41) is 6.49. The maximum atomic E-state index is 14.1. The van der Waals surface area contributed by atoms with Crippen molar-refractivity contribution in [3.63, 3.8) is 0 Å². The van der Waals surface area contributed by atoms with Crippen LogP contribution in [0.3, 0.4) is 0 Å². The van der Waals surface area contributed by atoms with Crippen molar-refractivity contribution < 1.29 is 9.47 Å². The molecule has 218 valence electrons. The number of aromatic nitrogens is 4. The van der Waals surface area contributed by atoms with Crippen LogP contribution in [-0.4, -0.2) is 32.8 Å². The summed E-state index contributed by atoms with van der Waals surface area (Å²) in [7, 11) is 0. The number of ether oxygens (including phenoxy) is 2. The summed E-state index contributed by atoms with van der Waals surface area (Å²) in [6, 6.07) is 24.6. The molecule has 0 aliphatic heterocycles. The molecule has 0 spiro atoms. The Hall–Kier alpha value is -4.72. The highest BCUT2D eigenvalue weighted by molar-refractivity contribution is 5.52. The van der Waals surface area contributed by atoms with Crippen molar-refractivity contribution in [1.29, 1.82) is 0 Å². The third kappa shape index (κ3) is 5.70. The molecule has 0 radical (unpaired) electrons. The molecule has 0 atom stereocenters. The Bertz CT molecular complexity index is 1650. The lowest BCUT2D eigenvalue weighted by molar-refractivity contribution is 0.271. The first-order valence-corrected chi connectivity index (χ1v) is 14.6. The molecule has 0 saturated heterocycles. The highest BCUT2D eigenvalue weighted by Crippen LogP contribution is 2.37. The number of unbranched alkanes of at least 4 members (excludes halogenated alkanes) is 2. The van der Waals surface area contributed by atoms with Crippen LogP contribution in [0.4, 0.5) is 0 Å². The second kappa shape index (κ2) is 12.9. The molecule has 2 N–H and O–H groups in total. The minimum atomic E-state index is -0.666. The molecule has 0 saturated carbocycles. The van der Waals surface area contributed by atoms with Gasteiger partial charge in [-0.25, -0.2) is 9.36 Å². The molecule has 42 heavy (non-hydrogen) atoms. The lowest BCUT2D eigenvalue weighted by Gasteiger charge is -2.19. The average Bonchev–Trinajstić information content (AvgIpc) is 3.47. The van der Waals surface area contributed by atoms with Crippen LogP contribution in [0.1, 0.15) is 67.1 Å². The van der Waals surface area contributed by atoms with Crippen LogP contribution in [0.2, 0.25) is 0 Å². The Labute approximate surface area is 245 Å². The molecule has 0 bridgehead atoms. The lowest BCUT2D eigenvalue weighted by Crippen LogP contribution is -2.25. The van der Waals surface area contributed by atoms with Crippen molar-refractivity contribution in [2.24, 2.45) is 0 Å². The minimum absolute atomic E-state index is 0.215. The SMILES string of the molecule is CCCCCOc1ccc(C(c2c(C)[nH]n(-c3ccccc3)c2=O)c2c(C)[nH]n(-c3ccccc3)c2=O)cc1OCC. The van der Waals surface area contributed by atoms with Crippen LogP contribution in [0.5, 0.6) is 11.5 Å². The zero-order valence-corrected chi connectivity index (χ0v) is 24.6. The molecular formula is C34H38N4O4. The van der Waals surface area contributed by atoms with Crippen LogP contribution >= 0.6 is 0 Å². The predicted octanol–water partition coefficient (Wildman–Crippen LogP) is 6.41. The van der Waals surface area contributed by atoms with Crippen molar-refractivity contribution in [3.8, 4) is 22.9 Å². The predicted molar refractivity (Wildman–Crippen MR) is 166 cm³/mol. The zero-order valence-electron chi connectivity index (χ0n) is 24.6. The van der Waals surface area contributed by atoms with Gasteiger partial charge in [-0.1, -0.05) is 62.2 Å². The van der Waals surface area contributed by atoms with E-state index in [1.54, 1.807) is 0 Å². The number of aromatic amines is 2. The summed E-state index contributed by atoms with van der Waals surface area (Å²) in [6.07, 6.45) is 3.15. The minimum Gasteiger partial charge on any atom is -0.490 e. The number of hydrogen-bond donors (Lipinski definition) is 2. The van der Waals surface area contributed by atoms with Gasteiger partial charge < -0.3 is 9.47 Å². The number of hydrogen-bond acceptors (Lipinski definition) is 4. The smallest absolute Gasteiger partial charge is 0.275 e. The molecule has 0 unspecified atom stereocenters. The van der Waals surface area contributed by atoms with Gasteiger partial charge in [-0.15, -0.1) is 0 Å². The molecule has 0 fully saturated rings. The van der Waals surface area contributed by atoms with E-state index in [-0.39, 0.29) is 11.1 Å². The molecule has 0 aliphatic rings. The molecule has 5 rings (SSSR count). The molecular weight excluding hydrogens is 528 g/mol. The van der Waals surface area contributed by atoms with Gasteiger partial charge in [0.2, 0.25) is 0 Å². The molecule has 2 heterocycles. The van der Waals surface area contributed by atoms with E-state index in [9.17, 15) is 9.59 Å². The molecule has 8 nitrogen and oxygen atoms in total. The summed E-state index contributed by atoms with van der Waals surface area (Å²) in [6.45, 7) is 8.87. The van der Waals surface area contributed by atoms with E-state index in [2.05, 4.69) is 17.1 Å². The first-order valence-electron chi connectivity index (χ1n) is 14.6. The Balaban J connectivity index is 1.70. The number of aryl methyl sites for hydroxylation is 2. The number of benzene rings is 3. The van der Waals surface area contributed by atoms with Gasteiger partial charge in [0.1, 0.15) is 0 Å². The fraction of sp³-hybridized carbons (Fsp3) is 0.294. The van der Waals surface area contributed by atoms with Gasteiger partial charge in [0.15, 0.2) is 11.5 Å². The van der Waals surface area contributed by atoms with Gasteiger partial charge in [-0.2, -0.15) is 0 Å². The van der Waals surface area contributed by atoms with Crippen molar-refractivity contribution in [1.82, 2.24) is 19.6 Å². The number of para-hydroxylation sites is 2. The summed E-state index contributed by atoms with van der Waals surface area (Å²) in [5.41, 5.74) is 4.12. The quantitative estimate of drug-likeness (QED) is 0.171. The van der Waals surface area contributed by atoms with Crippen LogP contribution < -0.4 is 20.6 Å². The van der Waals surface area contributed by atoms with E-state index in [0.29, 0.717) is 58.6 Å². The standard InChI is InChI=1S/C34H38N4O4/c1-5-7-14-21-42-28-20-19-25(22-29(28)41-6-2)32(30-23(3)35-37(33(30)39)26-15-10-8-11-16-26)31-24(4)36-38(34(31)40)27-17-12-9-13-18-27/h8-13,15-20,22,32,35-36H,5-7,14,21H2,1-4H3. The van der Waals surface area contributed by atoms with E-state index in [1.807, 2.05) is 99.6 Å². The summed E-state index contributed by atoms with van der Waals surface area (Å²) in [4.78, 5) is 28.2. The van der Waals surface area contributed by atoms with Gasteiger partial charge in [-0.3, -0.25) is 19.8 Å². The van der Waals surface area contributed by atoms with Crippen LogP contribution in [0, 0.1) is 13.8 Å². The van der Waals surface area contributed by atoms with Crippen LogP contribution in [-0.2, 0) is 0 Å². The lowest BCUT2D eigenvalue weighted by atomic mass is 9.85. The van der Waals surface area contributed by atoms with E-state index in [1.165, 1.54) is 9.36 Å². The third-order valence-corrected chi connectivity index (χ3v) is 7.45. The van der Waals surface area contributed by atoms with Crippen molar-refractivity contribution in [3.05, 3.63) is 128 Å². The third-order valence-electron chi connectivity index (χ3n) is 7.45. The average molecular weight is 567 g/mol. The molecule has 8 heteroatoms. The Morgan fingerprint density at radius 2 is 1.24 bits per heavy atom. The van der Waals surface area contributed by atoms with Crippen LogP contribution in [0.25, 0.3) is 11.4 Å². The molecule has 0 aliphatic carbocycles. The van der Waals surface area contributed by atoms with E-state index in [4.69, 9.17) is 9.47 Å². The number of H-pyrrole nitrogens is 2. The monoisotopic (exact) mass is 566 g/mol. The number of nitrogens with one attached hydrogen (secondary N) is 2. The van der Waals surface area contributed by atoms with Crippen LogP contribution in [0.15, 0.2) is 88.5 Å². The molecule has 0 amide bonds. The van der Waals surface area contributed by atoms with Gasteiger partial charge in [-0.05, 0) is 69.2 Å². The molecule has 3 aromatic carbocycles. The maximum absolute atomic E-state index is 14.1. The second-order valence-corrected chi connectivity index (χ2v) is 10.4. The largest absolute Gasteiger partial charge is 0.490 e. The normalized spacial score (nSPS) is 11.3. The van der Waals surface area contributed by atoms with Gasteiger partial charge in [0, 0.05) is 17.3 Å². The first kappa shape index (κ1) is 28.8. The van der Waals surface area contributed by atoms with E-state index in [0.717, 1.165) is 24.8 Å². The summed E-state index contributed by atoms with van der Waals surface area (Å²) >= 11 is 0. The summed E-state index contributed by atoms with van der Waals surface area (Å²) < 4.78 is 15.2. The number of rotatable bonds is 12. The summed E-state index contributed by atoms with van der Waals surface area (Å²) in [5.74, 6) is 0.570. The Morgan fingerprint density at radius 3 is 1.74 bits per heavy atom. The van der Waals surface area contributed by atoms with Gasteiger partial charge in [0.25, 0.3) is 11.1 Å². The zero-order chi connectivity index (χ0) is 29.6. The number of nitrogens with zero attached hydrogens (tertiary/aromatic N) is 2. The fourth-order valence-electron chi connectivity index (χ4n) is 5.42. The highest BCUT2D eigenvalue weighted by atomic mass is 16.5. The molecule has 5 aromatic rings. The van der Waals surface area contributed by atoms with Gasteiger partial charge >= 0.3 is 0 Å². The first-order chi connectivity index (χ1) is 20.4. The van der Waals surface area contributed by atoms with Gasteiger partial charge in [0.05, 0.1) is 35.7 Å². The highest BCUT2D eigenvalue weighted by Gasteiger charge is 2.31. The van der Waals surface area contributed by atoms with E-state index >= 15 is 0 Å². The molecule has 2 aromatic heterocycles. The van der Waals surface area contributed by atoms with Crippen molar-refractivity contribution in [2.75, 3.05) is 13.2 Å². The van der Waals surface area contributed by atoms with Crippen molar-refractivity contribution in [2.45, 2.75) is 52.9 Å². The fourth-order valence-corrected chi connectivity index (χ4v) is 5.42.